The van der Waals surface area contributed by atoms with Gasteiger partial charge >= 0.3 is 5.69 Å². The minimum atomic E-state index is -0.442. The summed E-state index contributed by atoms with van der Waals surface area (Å²) in [6, 6.07) is 5.43. The number of nitrogens with zero attached hydrogens (tertiary/aromatic N) is 7. The van der Waals surface area contributed by atoms with Crippen LogP contribution in [0, 0.1) is 0 Å². The molecule has 4 rings (SSSR count). The van der Waals surface area contributed by atoms with E-state index in [4.69, 9.17) is 5.73 Å². The largest absolute Gasteiger partial charge is 0.344 e. The van der Waals surface area contributed by atoms with Gasteiger partial charge in [-0.15, -0.1) is 0 Å². The van der Waals surface area contributed by atoms with Crippen molar-refractivity contribution in [2.45, 2.75) is 33.0 Å². The molecule has 0 aliphatic rings. The van der Waals surface area contributed by atoms with E-state index in [1.807, 2.05) is 42.5 Å². The lowest BCUT2D eigenvalue weighted by atomic mass is 10.2. The van der Waals surface area contributed by atoms with Crippen molar-refractivity contribution in [1.82, 2.24) is 28.7 Å². The van der Waals surface area contributed by atoms with Crippen molar-refractivity contribution >= 4 is 28.0 Å². The first-order valence-electron chi connectivity index (χ1n) is 10.2. The fourth-order valence-corrected chi connectivity index (χ4v) is 3.94. The first-order valence-corrected chi connectivity index (χ1v) is 10.2. The molecule has 0 bridgehead atoms. The van der Waals surface area contributed by atoms with Gasteiger partial charge in [-0.2, -0.15) is 4.98 Å². The van der Waals surface area contributed by atoms with Gasteiger partial charge in [-0.25, -0.2) is 4.79 Å². The van der Waals surface area contributed by atoms with E-state index >= 15 is 0 Å². The Labute approximate surface area is 178 Å². The molecule has 1 atom stereocenters. The molecule has 10 heteroatoms. The van der Waals surface area contributed by atoms with Crippen LogP contribution in [0.4, 0.5) is 5.95 Å². The molecule has 162 valence electrons. The number of aromatic nitrogens is 6. The van der Waals surface area contributed by atoms with Gasteiger partial charge < -0.3 is 15.2 Å². The molecule has 0 saturated carbocycles. The summed E-state index contributed by atoms with van der Waals surface area (Å²) in [6.07, 6.45) is 3.33. The third kappa shape index (κ3) is 3.48. The lowest BCUT2D eigenvalue weighted by molar-refractivity contribution is 0.644. The number of pyridine rings is 2. The van der Waals surface area contributed by atoms with Crippen LogP contribution in [0.5, 0.6) is 0 Å². The maximum atomic E-state index is 13.5. The highest BCUT2D eigenvalue weighted by molar-refractivity contribution is 5.80. The Kier molecular flexibility index (Phi) is 5.32. The molecular formula is C21H26N8O2. The zero-order valence-corrected chi connectivity index (χ0v) is 18.1. The van der Waals surface area contributed by atoms with Crippen LogP contribution < -0.4 is 21.9 Å². The van der Waals surface area contributed by atoms with Crippen molar-refractivity contribution < 1.29 is 0 Å². The van der Waals surface area contributed by atoms with Gasteiger partial charge in [-0.05, 0) is 32.0 Å². The molecular weight excluding hydrogens is 396 g/mol. The van der Waals surface area contributed by atoms with Crippen molar-refractivity contribution in [2.24, 2.45) is 12.8 Å². The Balaban J connectivity index is 1.93. The van der Waals surface area contributed by atoms with Crippen LogP contribution in [-0.2, 0) is 20.1 Å². The third-order valence-corrected chi connectivity index (χ3v) is 5.35. The number of imidazole rings is 1. The van der Waals surface area contributed by atoms with Gasteiger partial charge in [-0.1, -0.05) is 0 Å². The van der Waals surface area contributed by atoms with Crippen molar-refractivity contribution in [3.8, 4) is 0 Å². The number of hydrogen-bond donors (Lipinski definition) is 1. The SMILES string of the molecule is CCn1c(N(C)CC(C)N)nc2c1c(=O)n(Cc1nccc3ncccc13)c(=O)n2C. The van der Waals surface area contributed by atoms with E-state index in [1.54, 1.807) is 25.5 Å². The van der Waals surface area contributed by atoms with Gasteiger partial charge in [0.25, 0.3) is 5.56 Å². The van der Waals surface area contributed by atoms with Crippen molar-refractivity contribution in [3.05, 3.63) is 57.1 Å². The Hall–Kier alpha value is -3.53. The minimum absolute atomic E-state index is 0.0460. The highest BCUT2D eigenvalue weighted by Gasteiger charge is 2.22. The molecule has 0 aliphatic heterocycles. The van der Waals surface area contributed by atoms with Gasteiger partial charge in [0.2, 0.25) is 5.95 Å². The van der Waals surface area contributed by atoms with E-state index in [9.17, 15) is 9.59 Å². The Bertz CT molecular complexity index is 1380. The molecule has 1 unspecified atom stereocenters. The Morgan fingerprint density at radius 2 is 1.94 bits per heavy atom. The average Bonchev–Trinajstić information content (AvgIpc) is 3.15. The van der Waals surface area contributed by atoms with Crippen molar-refractivity contribution in [3.63, 3.8) is 0 Å². The van der Waals surface area contributed by atoms with Crippen LogP contribution in [0.3, 0.4) is 0 Å². The first kappa shape index (κ1) is 20.7. The van der Waals surface area contributed by atoms with Crippen molar-refractivity contribution in [2.75, 3.05) is 18.5 Å². The summed E-state index contributed by atoms with van der Waals surface area (Å²) >= 11 is 0. The quantitative estimate of drug-likeness (QED) is 0.486. The van der Waals surface area contributed by atoms with Gasteiger partial charge in [0, 0.05) is 51.0 Å². The van der Waals surface area contributed by atoms with E-state index in [0.717, 1.165) is 10.9 Å². The molecule has 0 saturated heterocycles. The highest BCUT2D eigenvalue weighted by Crippen LogP contribution is 2.19. The highest BCUT2D eigenvalue weighted by atomic mass is 16.2. The van der Waals surface area contributed by atoms with E-state index in [1.165, 1.54) is 9.13 Å². The number of nitrogens with two attached hydrogens (primary N) is 1. The average molecular weight is 422 g/mol. The molecule has 0 fully saturated rings. The summed E-state index contributed by atoms with van der Waals surface area (Å²) in [6.45, 7) is 4.99. The van der Waals surface area contributed by atoms with Crippen LogP contribution in [0.15, 0.2) is 40.2 Å². The van der Waals surface area contributed by atoms with Crippen LogP contribution in [-0.4, -0.2) is 48.3 Å². The fraction of sp³-hybridized carbons (Fsp3) is 0.381. The molecule has 10 nitrogen and oxygen atoms in total. The van der Waals surface area contributed by atoms with Crippen LogP contribution in [0.2, 0.25) is 0 Å². The van der Waals surface area contributed by atoms with Gasteiger partial charge in [-0.3, -0.25) is 23.9 Å². The summed E-state index contributed by atoms with van der Waals surface area (Å²) in [7, 11) is 3.50. The predicted octanol–water partition coefficient (Wildman–Crippen LogP) is 0.692. The van der Waals surface area contributed by atoms with Gasteiger partial charge in [0.05, 0.1) is 17.8 Å². The maximum Gasteiger partial charge on any atom is 0.332 e. The fourth-order valence-electron chi connectivity index (χ4n) is 3.94. The molecule has 4 aromatic heterocycles. The summed E-state index contributed by atoms with van der Waals surface area (Å²) in [5, 5.41) is 0.806. The Morgan fingerprint density at radius 3 is 2.65 bits per heavy atom. The maximum absolute atomic E-state index is 13.5. The molecule has 0 amide bonds. The molecule has 0 aromatic carbocycles. The minimum Gasteiger partial charge on any atom is -0.344 e. The van der Waals surface area contributed by atoms with Gasteiger partial charge in [0.1, 0.15) is 0 Å². The van der Waals surface area contributed by atoms with E-state index in [-0.39, 0.29) is 12.6 Å². The van der Waals surface area contributed by atoms with Gasteiger partial charge in [0.15, 0.2) is 11.2 Å². The number of aryl methyl sites for hydroxylation is 2. The summed E-state index contributed by atoms with van der Waals surface area (Å²) in [5.41, 5.74) is 7.22. The first-order chi connectivity index (χ1) is 14.8. The van der Waals surface area contributed by atoms with Crippen LogP contribution in [0.25, 0.3) is 22.1 Å². The second-order valence-corrected chi connectivity index (χ2v) is 7.75. The zero-order chi connectivity index (χ0) is 22.3. The van der Waals surface area contributed by atoms with E-state index < -0.39 is 11.2 Å². The molecule has 4 heterocycles. The second-order valence-electron chi connectivity index (χ2n) is 7.75. The predicted molar refractivity (Wildman–Crippen MR) is 120 cm³/mol. The van der Waals surface area contributed by atoms with E-state index in [2.05, 4.69) is 15.0 Å². The molecule has 0 radical (unpaired) electrons. The number of hydrogen-bond acceptors (Lipinski definition) is 7. The molecule has 0 spiro atoms. The molecule has 2 N–H and O–H groups in total. The van der Waals surface area contributed by atoms with Crippen LogP contribution >= 0.6 is 0 Å². The summed E-state index contributed by atoms with van der Waals surface area (Å²) < 4.78 is 4.45. The number of rotatable bonds is 6. The topological polar surface area (TPSA) is 117 Å². The molecule has 31 heavy (non-hydrogen) atoms. The Morgan fingerprint density at radius 1 is 1.16 bits per heavy atom. The summed E-state index contributed by atoms with van der Waals surface area (Å²) in [5.74, 6) is 0.604. The number of anilines is 1. The second kappa shape index (κ2) is 7.95. The third-order valence-electron chi connectivity index (χ3n) is 5.35. The number of fused-ring (bicyclic) bond motifs is 2. The lowest BCUT2D eigenvalue weighted by Gasteiger charge is -2.20. The molecule has 0 aliphatic carbocycles. The molecule has 4 aromatic rings. The summed E-state index contributed by atoms with van der Waals surface area (Å²) in [4.78, 5) is 41.8. The van der Waals surface area contributed by atoms with E-state index in [0.29, 0.717) is 35.9 Å². The van der Waals surface area contributed by atoms with Crippen molar-refractivity contribution in [1.29, 1.82) is 0 Å². The lowest BCUT2D eigenvalue weighted by Crippen LogP contribution is -2.40. The standard InChI is InChI=1S/C21H26N8O2/c1-5-28-17-18(25-20(28)26(3)11-13(2)22)27(4)21(31)29(19(17)30)12-16-14-7-6-9-23-15(14)8-10-24-16/h6-10,13H,5,11-12,22H2,1-4H3. The number of likely N-dealkylation sites (N-methyl/N-ethyl adjacent to an activating group) is 1. The van der Waals surface area contributed by atoms with Crippen LogP contribution in [0.1, 0.15) is 19.5 Å². The smallest absolute Gasteiger partial charge is 0.332 e. The monoisotopic (exact) mass is 422 g/mol. The zero-order valence-electron chi connectivity index (χ0n) is 18.1. The normalized spacial score (nSPS) is 12.5.